The highest BCUT2D eigenvalue weighted by Crippen LogP contribution is 2.50. The molecule has 4 heteroatoms. The maximum atomic E-state index is 13.4. The Labute approximate surface area is 173 Å². The fraction of sp³-hybridized carbons (Fsp3) is 0.375. The smallest absolute Gasteiger partial charge is 0.193 e. The molecule has 1 aliphatic heterocycles. The van der Waals surface area contributed by atoms with Crippen molar-refractivity contribution in [3.8, 4) is 5.75 Å². The Morgan fingerprint density at radius 1 is 1.07 bits per heavy atom. The third-order valence-corrected chi connectivity index (χ3v) is 6.86. The molecular formula is C24H23BrO3. The number of allylic oxidation sites excluding steroid dienone is 2. The van der Waals surface area contributed by atoms with Crippen LogP contribution in [-0.4, -0.2) is 25.1 Å². The predicted molar refractivity (Wildman–Crippen MR) is 113 cm³/mol. The van der Waals surface area contributed by atoms with E-state index >= 15 is 0 Å². The van der Waals surface area contributed by atoms with Gasteiger partial charge in [-0.1, -0.05) is 35.8 Å². The van der Waals surface area contributed by atoms with Gasteiger partial charge in [-0.2, -0.15) is 0 Å². The summed E-state index contributed by atoms with van der Waals surface area (Å²) in [6.45, 7) is 5.97. The van der Waals surface area contributed by atoms with Crippen LogP contribution in [0.5, 0.6) is 5.75 Å². The van der Waals surface area contributed by atoms with Gasteiger partial charge >= 0.3 is 0 Å². The van der Waals surface area contributed by atoms with E-state index < -0.39 is 0 Å². The van der Waals surface area contributed by atoms with Gasteiger partial charge in [-0.25, -0.2) is 0 Å². The average molecular weight is 439 g/mol. The topological polar surface area (TPSA) is 35.5 Å². The van der Waals surface area contributed by atoms with Gasteiger partial charge in [0.15, 0.2) is 5.78 Å². The first-order chi connectivity index (χ1) is 13.4. The molecule has 5 rings (SSSR count). The van der Waals surface area contributed by atoms with Gasteiger partial charge in [0.05, 0.1) is 13.2 Å². The molecule has 0 saturated carbocycles. The molecule has 0 bridgehead atoms. The lowest BCUT2D eigenvalue weighted by Crippen LogP contribution is -2.30. The zero-order valence-electron chi connectivity index (χ0n) is 16.2. The van der Waals surface area contributed by atoms with Crippen LogP contribution in [0.4, 0.5) is 0 Å². The first kappa shape index (κ1) is 18.1. The maximum absolute atomic E-state index is 13.4. The largest absolute Gasteiger partial charge is 0.490 e. The van der Waals surface area contributed by atoms with E-state index in [1.165, 1.54) is 11.1 Å². The molecule has 3 aliphatic rings. The summed E-state index contributed by atoms with van der Waals surface area (Å²) in [5.41, 5.74) is 6.11. The number of benzene rings is 2. The van der Waals surface area contributed by atoms with Crippen LogP contribution in [0.3, 0.4) is 0 Å². The lowest BCUT2D eigenvalue weighted by Gasteiger charge is -2.35. The number of carbonyl (C=O) groups is 1. The Kier molecular flexibility index (Phi) is 4.25. The van der Waals surface area contributed by atoms with Crippen molar-refractivity contribution in [3.63, 3.8) is 0 Å². The molecule has 2 aromatic carbocycles. The molecule has 0 N–H and O–H groups in total. The molecule has 0 atom stereocenters. The van der Waals surface area contributed by atoms with Gasteiger partial charge in [-0.05, 0) is 59.0 Å². The number of hydrogen-bond donors (Lipinski definition) is 0. The van der Waals surface area contributed by atoms with Gasteiger partial charge < -0.3 is 9.47 Å². The number of halogens is 1. The third-order valence-electron chi connectivity index (χ3n) is 6.37. The molecule has 3 nitrogen and oxygen atoms in total. The SMILES string of the molecule is CC1(C)C2=C(C(=O)c3ccc(OC4CCOCC4)cc31)c1ccc(Br)cc1C2. The monoisotopic (exact) mass is 438 g/mol. The molecular weight excluding hydrogens is 416 g/mol. The summed E-state index contributed by atoms with van der Waals surface area (Å²) in [6.07, 6.45) is 2.85. The van der Waals surface area contributed by atoms with Crippen molar-refractivity contribution < 1.29 is 14.3 Å². The zero-order chi connectivity index (χ0) is 19.5. The summed E-state index contributed by atoms with van der Waals surface area (Å²) in [5, 5.41) is 0. The highest BCUT2D eigenvalue weighted by Gasteiger charge is 2.43. The van der Waals surface area contributed by atoms with E-state index in [1.807, 2.05) is 18.2 Å². The summed E-state index contributed by atoms with van der Waals surface area (Å²) in [6, 6.07) is 12.2. The second-order valence-electron chi connectivity index (χ2n) is 8.42. The first-order valence-electron chi connectivity index (χ1n) is 9.91. The summed E-state index contributed by atoms with van der Waals surface area (Å²) >= 11 is 3.56. The van der Waals surface area contributed by atoms with Gasteiger partial charge in [0.1, 0.15) is 11.9 Å². The van der Waals surface area contributed by atoms with Crippen LogP contribution in [0.15, 0.2) is 46.4 Å². The van der Waals surface area contributed by atoms with Crippen molar-refractivity contribution in [1.29, 1.82) is 0 Å². The van der Waals surface area contributed by atoms with E-state index in [1.54, 1.807) is 0 Å². The number of Topliss-reactive ketones (excluding diaryl/α,β-unsaturated/α-hetero) is 1. The van der Waals surface area contributed by atoms with Gasteiger partial charge in [0.25, 0.3) is 0 Å². The van der Waals surface area contributed by atoms with Crippen molar-refractivity contribution in [3.05, 3.63) is 68.7 Å². The van der Waals surface area contributed by atoms with E-state index in [4.69, 9.17) is 9.47 Å². The van der Waals surface area contributed by atoms with Crippen LogP contribution in [0.1, 0.15) is 53.7 Å². The lowest BCUT2D eigenvalue weighted by molar-refractivity contribution is 0.0255. The fourth-order valence-corrected chi connectivity index (χ4v) is 5.19. The van der Waals surface area contributed by atoms with Gasteiger partial charge in [0, 0.05) is 33.9 Å². The van der Waals surface area contributed by atoms with E-state index in [9.17, 15) is 4.79 Å². The highest BCUT2D eigenvalue weighted by molar-refractivity contribution is 9.10. The minimum Gasteiger partial charge on any atom is -0.490 e. The van der Waals surface area contributed by atoms with E-state index in [-0.39, 0.29) is 17.3 Å². The Balaban J connectivity index is 1.54. The van der Waals surface area contributed by atoms with E-state index in [2.05, 4.69) is 48.0 Å². The molecule has 0 amide bonds. The Morgan fingerprint density at radius 3 is 2.61 bits per heavy atom. The molecule has 0 spiro atoms. The minimum absolute atomic E-state index is 0.142. The molecule has 28 heavy (non-hydrogen) atoms. The summed E-state index contributed by atoms with van der Waals surface area (Å²) < 4.78 is 12.7. The van der Waals surface area contributed by atoms with Crippen LogP contribution in [0.2, 0.25) is 0 Å². The number of fused-ring (bicyclic) bond motifs is 3. The molecule has 2 aliphatic carbocycles. The molecule has 1 fully saturated rings. The van der Waals surface area contributed by atoms with Crippen LogP contribution < -0.4 is 4.74 Å². The van der Waals surface area contributed by atoms with Crippen molar-refractivity contribution in [1.82, 2.24) is 0 Å². The highest BCUT2D eigenvalue weighted by atomic mass is 79.9. The molecule has 1 heterocycles. The second kappa shape index (κ2) is 6.57. The number of rotatable bonds is 2. The van der Waals surface area contributed by atoms with Crippen LogP contribution in [0, 0.1) is 0 Å². The fourth-order valence-electron chi connectivity index (χ4n) is 4.78. The second-order valence-corrected chi connectivity index (χ2v) is 9.34. The lowest BCUT2D eigenvalue weighted by atomic mass is 9.68. The standard InChI is InChI=1S/C24H23BrO3/c1-24(2)20-13-17(28-16-7-9-27-10-8-16)4-6-19(20)23(26)22-18-5-3-15(25)11-14(18)12-21(22)24/h3-6,11,13,16H,7-10,12H2,1-2H3. The Morgan fingerprint density at radius 2 is 1.82 bits per heavy atom. The Bertz CT molecular complexity index is 1010. The molecule has 1 saturated heterocycles. The molecule has 0 unspecified atom stereocenters. The van der Waals surface area contributed by atoms with Gasteiger partial charge in [-0.15, -0.1) is 0 Å². The number of ether oxygens (including phenoxy) is 2. The number of ketones is 1. The Hall–Kier alpha value is -1.91. The van der Waals surface area contributed by atoms with Crippen molar-refractivity contribution in [2.75, 3.05) is 13.2 Å². The van der Waals surface area contributed by atoms with Crippen molar-refractivity contribution in [2.24, 2.45) is 0 Å². The van der Waals surface area contributed by atoms with E-state index in [0.29, 0.717) is 0 Å². The summed E-state index contributed by atoms with van der Waals surface area (Å²) in [7, 11) is 0. The average Bonchev–Trinajstić information content (AvgIpc) is 3.07. The molecule has 144 valence electrons. The number of carbonyl (C=O) groups excluding carboxylic acids is 1. The summed E-state index contributed by atoms with van der Waals surface area (Å²) in [4.78, 5) is 13.4. The predicted octanol–water partition coefficient (Wildman–Crippen LogP) is 5.49. The van der Waals surface area contributed by atoms with Gasteiger partial charge in [-0.3, -0.25) is 4.79 Å². The first-order valence-corrected chi connectivity index (χ1v) is 10.7. The van der Waals surface area contributed by atoms with Crippen LogP contribution in [0.25, 0.3) is 5.57 Å². The van der Waals surface area contributed by atoms with Gasteiger partial charge in [0.2, 0.25) is 0 Å². The summed E-state index contributed by atoms with van der Waals surface area (Å²) in [5.74, 6) is 0.997. The normalized spacial score (nSPS) is 20.6. The van der Waals surface area contributed by atoms with Crippen LogP contribution in [-0.2, 0) is 16.6 Å². The minimum atomic E-state index is -0.209. The maximum Gasteiger partial charge on any atom is 0.193 e. The van der Waals surface area contributed by atoms with Crippen molar-refractivity contribution >= 4 is 27.3 Å². The molecule has 0 aromatic heterocycles. The van der Waals surface area contributed by atoms with Crippen LogP contribution >= 0.6 is 15.9 Å². The zero-order valence-corrected chi connectivity index (χ0v) is 17.8. The molecule has 2 aromatic rings. The molecule has 0 radical (unpaired) electrons. The third kappa shape index (κ3) is 2.77. The number of hydrogen-bond acceptors (Lipinski definition) is 3. The van der Waals surface area contributed by atoms with E-state index in [0.717, 1.165) is 65.0 Å². The van der Waals surface area contributed by atoms with Crippen molar-refractivity contribution in [2.45, 2.75) is 44.6 Å². The quantitative estimate of drug-likeness (QED) is 0.621.